The van der Waals surface area contributed by atoms with Crippen LogP contribution in [0.3, 0.4) is 0 Å². The van der Waals surface area contributed by atoms with Gasteiger partial charge in [0, 0.05) is 81.2 Å². The Morgan fingerprint density at radius 2 is 1.69 bits per heavy atom. The monoisotopic (exact) mass is 754 g/mol. The van der Waals surface area contributed by atoms with Gasteiger partial charge in [0.15, 0.2) is 17.4 Å². The minimum Gasteiger partial charge on any atom is -0.495 e. The molecule has 0 atom stereocenters. The van der Waals surface area contributed by atoms with E-state index in [1.165, 1.54) is 42.3 Å². The molecule has 0 unspecified atom stereocenters. The number of H-pyrrole nitrogens is 1. The average molecular weight is 755 g/mol. The SMILES string of the molecule is CCCCn1cc(-c2cc(F)c(OC3CCN(CC4CCN(C(=O)c5ccc(OC)c(-n6ccc(=O)[nH]c6=O)c5)CC4)CC3)c(F)c2)c2ccncc2c1=O. The quantitative estimate of drug-likeness (QED) is 0.190. The third kappa shape index (κ3) is 8.09. The highest BCUT2D eigenvalue weighted by molar-refractivity contribution is 5.96. The van der Waals surface area contributed by atoms with Gasteiger partial charge in [0.2, 0.25) is 0 Å². The van der Waals surface area contributed by atoms with Gasteiger partial charge in [-0.25, -0.2) is 13.6 Å². The number of carbonyl (C=O) groups excluding carboxylic acids is 1. The molecule has 3 aromatic heterocycles. The first kappa shape index (κ1) is 37.7. The van der Waals surface area contributed by atoms with Crippen molar-refractivity contribution >= 4 is 16.7 Å². The molecule has 2 aromatic carbocycles. The van der Waals surface area contributed by atoms with E-state index in [2.05, 4.69) is 14.9 Å². The van der Waals surface area contributed by atoms with Crippen LogP contribution in [0.25, 0.3) is 27.6 Å². The minimum atomic E-state index is -0.788. The van der Waals surface area contributed by atoms with E-state index in [4.69, 9.17) is 9.47 Å². The molecule has 7 rings (SSSR count). The zero-order chi connectivity index (χ0) is 38.6. The summed E-state index contributed by atoms with van der Waals surface area (Å²) >= 11 is 0. The van der Waals surface area contributed by atoms with E-state index in [1.807, 2.05) is 11.8 Å². The van der Waals surface area contributed by atoms with Crippen molar-refractivity contribution in [2.75, 3.05) is 39.8 Å². The van der Waals surface area contributed by atoms with Crippen molar-refractivity contribution in [3.63, 3.8) is 0 Å². The van der Waals surface area contributed by atoms with Gasteiger partial charge in [-0.3, -0.25) is 28.9 Å². The van der Waals surface area contributed by atoms with Crippen molar-refractivity contribution in [1.82, 2.24) is 28.9 Å². The van der Waals surface area contributed by atoms with Crippen LogP contribution in [0.15, 0.2) is 81.6 Å². The van der Waals surface area contributed by atoms with Crippen molar-refractivity contribution in [3.05, 3.63) is 116 Å². The van der Waals surface area contributed by atoms with E-state index in [0.717, 1.165) is 45.3 Å². The number of halogens is 2. The van der Waals surface area contributed by atoms with E-state index in [0.29, 0.717) is 77.3 Å². The molecule has 1 amide bonds. The van der Waals surface area contributed by atoms with E-state index in [1.54, 1.807) is 41.2 Å². The average Bonchev–Trinajstić information content (AvgIpc) is 3.19. The van der Waals surface area contributed by atoms with E-state index in [9.17, 15) is 19.2 Å². The van der Waals surface area contributed by atoms with Gasteiger partial charge in [-0.05, 0) is 85.4 Å². The van der Waals surface area contributed by atoms with Crippen LogP contribution in [0.1, 0.15) is 55.8 Å². The van der Waals surface area contributed by atoms with Gasteiger partial charge in [-0.15, -0.1) is 0 Å². The Labute approximate surface area is 315 Å². The number of aryl methyl sites for hydroxylation is 1. The summed E-state index contributed by atoms with van der Waals surface area (Å²) < 4.78 is 45.3. The first-order valence-electron chi connectivity index (χ1n) is 18.8. The minimum absolute atomic E-state index is 0.146. The molecule has 5 heterocycles. The smallest absolute Gasteiger partial charge is 0.333 e. The molecule has 0 saturated carbocycles. The van der Waals surface area contributed by atoms with Gasteiger partial charge in [0.05, 0.1) is 18.2 Å². The van der Waals surface area contributed by atoms with Crippen molar-refractivity contribution in [3.8, 4) is 28.3 Å². The molecule has 288 valence electrons. The molecule has 2 saturated heterocycles. The molecule has 0 aliphatic carbocycles. The molecule has 14 heteroatoms. The van der Waals surface area contributed by atoms with Crippen molar-refractivity contribution < 1.29 is 23.0 Å². The number of nitrogens with zero attached hydrogens (tertiary/aromatic N) is 5. The van der Waals surface area contributed by atoms with Crippen LogP contribution < -0.4 is 26.3 Å². The number of nitrogens with one attached hydrogen (secondary N) is 1. The zero-order valence-corrected chi connectivity index (χ0v) is 30.9. The third-order valence-electron chi connectivity index (χ3n) is 10.7. The van der Waals surface area contributed by atoms with Crippen molar-refractivity contribution in [2.24, 2.45) is 5.92 Å². The van der Waals surface area contributed by atoms with Gasteiger partial charge in [0.25, 0.3) is 17.0 Å². The number of aromatic amines is 1. The number of carbonyl (C=O) groups is 1. The number of methoxy groups -OCH3 is 1. The molecule has 12 nitrogen and oxygen atoms in total. The van der Waals surface area contributed by atoms with Gasteiger partial charge < -0.3 is 23.8 Å². The molecule has 2 aliphatic heterocycles. The Balaban J connectivity index is 0.937. The van der Waals surface area contributed by atoms with Crippen molar-refractivity contribution in [2.45, 2.75) is 58.1 Å². The second kappa shape index (κ2) is 16.4. The van der Waals surface area contributed by atoms with E-state index < -0.39 is 22.9 Å². The Morgan fingerprint density at radius 1 is 0.945 bits per heavy atom. The van der Waals surface area contributed by atoms with Crippen molar-refractivity contribution in [1.29, 1.82) is 0 Å². The Kier molecular flexibility index (Phi) is 11.2. The third-order valence-corrected chi connectivity index (χ3v) is 10.7. The van der Waals surface area contributed by atoms with Crippen LogP contribution in [0.5, 0.6) is 11.5 Å². The van der Waals surface area contributed by atoms with Crippen LogP contribution in [0.4, 0.5) is 8.78 Å². The number of fused-ring (bicyclic) bond motifs is 1. The predicted molar refractivity (Wildman–Crippen MR) is 204 cm³/mol. The summed E-state index contributed by atoms with van der Waals surface area (Å²) in [5.74, 6) is -1.34. The van der Waals surface area contributed by atoms with Gasteiger partial charge >= 0.3 is 5.69 Å². The maximum atomic E-state index is 15.6. The summed E-state index contributed by atoms with van der Waals surface area (Å²) in [6.07, 6.45) is 10.3. The lowest BCUT2D eigenvalue weighted by Gasteiger charge is -2.37. The molecular formula is C41H44F2N6O6. The summed E-state index contributed by atoms with van der Waals surface area (Å²) in [6.45, 7) is 6.01. The first-order chi connectivity index (χ1) is 26.6. The summed E-state index contributed by atoms with van der Waals surface area (Å²) in [5, 5.41) is 0.981. The highest BCUT2D eigenvalue weighted by atomic mass is 19.1. The molecule has 0 radical (unpaired) electrons. The van der Waals surface area contributed by atoms with Crippen LogP contribution in [0.2, 0.25) is 0 Å². The summed E-state index contributed by atoms with van der Waals surface area (Å²) in [4.78, 5) is 61.1. The number of rotatable bonds is 11. The topological polar surface area (TPSA) is 132 Å². The Hall–Kier alpha value is -5.63. The summed E-state index contributed by atoms with van der Waals surface area (Å²) in [6, 6.07) is 10.4. The number of unbranched alkanes of at least 4 members (excludes halogenated alkanes) is 1. The number of hydrogen-bond acceptors (Lipinski definition) is 8. The lowest BCUT2D eigenvalue weighted by atomic mass is 9.94. The molecular weight excluding hydrogens is 710 g/mol. The summed E-state index contributed by atoms with van der Waals surface area (Å²) in [7, 11) is 1.47. The predicted octanol–water partition coefficient (Wildman–Crippen LogP) is 5.39. The molecule has 0 bridgehead atoms. The van der Waals surface area contributed by atoms with Crippen LogP contribution >= 0.6 is 0 Å². The number of benzene rings is 2. The molecule has 0 spiro atoms. The fourth-order valence-corrected chi connectivity index (χ4v) is 7.65. The number of ether oxygens (including phenoxy) is 2. The number of amides is 1. The number of pyridine rings is 2. The zero-order valence-electron chi connectivity index (χ0n) is 30.9. The van der Waals surface area contributed by atoms with E-state index in [-0.39, 0.29) is 23.3 Å². The molecule has 2 fully saturated rings. The van der Waals surface area contributed by atoms with Gasteiger partial charge in [0.1, 0.15) is 11.9 Å². The second-order valence-corrected chi connectivity index (χ2v) is 14.3. The molecule has 2 aliphatic rings. The van der Waals surface area contributed by atoms with Crippen LogP contribution in [-0.4, -0.2) is 80.7 Å². The summed E-state index contributed by atoms with van der Waals surface area (Å²) in [5.41, 5.74) is 0.310. The lowest BCUT2D eigenvalue weighted by Crippen LogP contribution is -2.44. The lowest BCUT2D eigenvalue weighted by molar-refractivity contribution is 0.0596. The van der Waals surface area contributed by atoms with Gasteiger partial charge in [-0.1, -0.05) is 13.3 Å². The molecule has 1 N–H and O–H groups in total. The van der Waals surface area contributed by atoms with Crippen LogP contribution in [0, 0.1) is 17.6 Å². The second-order valence-electron chi connectivity index (χ2n) is 14.3. The number of likely N-dealkylation sites (tertiary alicyclic amines) is 2. The highest BCUT2D eigenvalue weighted by Crippen LogP contribution is 2.34. The normalized spacial score (nSPS) is 15.7. The fourth-order valence-electron chi connectivity index (χ4n) is 7.65. The highest BCUT2D eigenvalue weighted by Gasteiger charge is 2.29. The van der Waals surface area contributed by atoms with Crippen LogP contribution in [-0.2, 0) is 6.54 Å². The standard InChI is InChI=1S/C41H44F2N6O6/c1-3-4-14-48-25-32(30-7-13-44-23-31(30)40(48)52)28-20-33(42)38(34(43)21-28)55-29-10-15-46(16-11-29)24-26-8-17-47(18-9-26)39(51)27-5-6-36(54-2)35(22-27)49-19-12-37(50)45-41(49)53/h5-7,12-13,19-23,25-26,29H,3-4,8-11,14-18,24H2,1-2H3,(H,45,50,53). The van der Waals surface area contributed by atoms with E-state index >= 15 is 8.78 Å². The number of hydrogen-bond donors (Lipinski definition) is 1. The Morgan fingerprint density at radius 3 is 2.38 bits per heavy atom. The molecule has 5 aromatic rings. The maximum absolute atomic E-state index is 15.6. The number of aromatic nitrogens is 4. The maximum Gasteiger partial charge on any atom is 0.333 e. The number of piperidine rings is 2. The largest absolute Gasteiger partial charge is 0.495 e. The molecule has 55 heavy (non-hydrogen) atoms. The first-order valence-corrected chi connectivity index (χ1v) is 18.8. The Bertz CT molecular complexity index is 2350. The van der Waals surface area contributed by atoms with Gasteiger partial charge in [-0.2, -0.15) is 0 Å². The fraction of sp³-hybridized carbons (Fsp3) is 0.390.